The highest BCUT2D eigenvalue weighted by molar-refractivity contribution is 7.24. The molecule has 0 atom stereocenters. The lowest BCUT2D eigenvalue weighted by Crippen LogP contribution is -2.45. The van der Waals surface area contributed by atoms with Crippen molar-refractivity contribution in [1.29, 1.82) is 0 Å². The molecule has 1 saturated heterocycles. The van der Waals surface area contributed by atoms with Crippen molar-refractivity contribution in [3.63, 3.8) is 0 Å². The Hall–Kier alpha value is -5.89. The highest BCUT2D eigenvalue weighted by atomic mass is 35.5. The second-order valence-corrected chi connectivity index (χ2v) is 18.2. The minimum atomic E-state index is -0.517. The highest BCUT2D eigenvalue weighted by Gasteiger charge is 2.36. The summed E-state index contributed by atoms with van der Waals surface area (Å²) in [6, 6.07) is 40.3. The molecule has 9 rings (SSSR count). The van der Waals surface area contributed by atoms with Crippen LogP contribution in [0.15, 0.2) is 132 Å². The molecule has 2 aromatic heterocycles. The Morgan fingerprint density at radius 1 is 0.781 bits per heavy atom. The zero-order valence-corrected chi connectivity index (χ0v) is 37.8. The third-order valence-electron chi connectivity index (χ3n) is 11.3. The maximum absolute atomic E-state index is 13.6. The van der Waals surface area contributed by atoms with E-state index in [-0.39, 0.29) is 5.41 Å². The van der Waals surface area contributed by atoms with E-state index in [2.05, 4.69) is 19.1 Å². The van der Waals surface area contributed by atoms with Gasteiger partial charge in [0.1, 0.15) is 23.9 Å². The van der Waals surface area contributed by atoms with Crippen molar-refractivity contribution in [1.82, 2.24) is 9.97 Å². The number of nitrogens with zero attached hydrogens (tertiary/aromatic N) is 4. The van der Waals surface area contributed by atoms with Gasteiger partial charge in [0.2, 0.25) is 10.3 Å². The van der Waals surface area contributed by atoms with Crippen molar-refractivity contribution in [2.24, 2.45) is 10.5 Å². The lowest BCUT2D eigenvalue weighted by molar-refractivity contribution is -0.150. The second-order valence-electron chi connectivity index (χ2n) is 15.8. The van der Waals surface area contributed by atoms with Gasteiger partial charge in [-0.2, -0.15) is 10.1 Å². The molecule has 0 unspecified atom stereocenters. The Bertz CT molecular complexity index is 2750. The molecule has 0 saturated carbocycles. The number of carbonyl (C=O) groups excluding carboxylic acids is 1. The zero-order valence-electron chi connectivity index (χ0n) is 35.4. The minimum absolute atomic E-state index is 0.209. The molecule has 6 aromatic carbocycles. The number of anilines is 2. The first-order chi connectivity index (χ1) is 31.4. The van der Waals surface area contributed by atoms with Gasteiger partial charge in [0.15, 0.2) is 0 Å². The summed E-state index contributed by atoms with van der Waals surface area (Å²) in [6.07, 6.45) is 6.87. The smallest absolute Gasteiger partial charge is 0.343 e. The topological polar surface area (TPSA) is 105 Å². The standard InChI is InChI=1S/C51H47ClN4O6S2/c1-2-51(33-59-34-51)32-58-26-12-3-4-13-27-60-44-24-21-36-28-37(48(57)62-38-22-25-45(41(52)29-38)61-31-35-14-6-5-7-15-35)20-23-39(36)40(44)30-53-56(49-54-42-16-8-10-18-46(42)63-49)50-55-43-17-9-11-19-47(43)64-50/h5-11,14-25,28-30H,2-4,12-13,26-27,31-34H2,1H3/b53-30+. The Balaban J connectivity index is 0.946. The first-order valence-corrected chi connectivity index (χ1v) is 23.5. The number of benzene rings is 6. The van der Waals surface area contributed by atoms with Crippen LogP contribution in [0.2, 0.25) is 5.02 Å². The number of thiazole rings is 2. The molecule has 10 nitrogen and oxygen atoms in total. The maximum atomic E-state index is 13.6. The summed E-state index contributed by atoms with van der Waals surface area (Å²) in [5.74, 6) is 0.972. The predicted octanol–water partition coefficient (Wildman–Crippen LogP) is 13.1. The van der Waals surface area contributed by atoms with Crippen LogP contribution in [0.4, 0.5) is 10.3 Å². The molecule has 8 aromatic rings. The fourth-order valence-corrected chi connectivity index (χ4v) is 9.53. The molecule has 326 valence electrons. The van der Waals surface area contributed by atoms with Gasteiger partial charge in [-0.05, 0) is 96.6 Å². The number of fused-ring (bicyclic) bond motifs is 3. The number of esters is 1. The van der Waals surface area contributed by atoms with Gasteiger partial charge in [0.05, 0.1) is 63.7 Å². The van der Waals surface area contributed by atoms with Crippen LogP contribution >= 0.6 is 34.3 Å². The first-order valence-electron chi connectivity index (χ1n) is 21.5. The summed E-state index contributed by atoms with van der Waals surface area (Å²) in [5, 5.41) is 10.3. The third kappa shape index (κ3) is 10.2. The summed E-state index contributed by atoms with van der Waals surface area (Å²) in [6.45, 7) is 6.23. The molecular weight excluding hydrogens is 864 g/mol. The number of hydrazone groups is 1. The fourth-order valence-electron chi connectivity index (χ4n) is 7.39. The Morgan fingerprint density at radius 2 is 1.47 bits per heavy atom. The molecule has 64 heavy (non-hydrogen) atoms. The Labute approximate surface area is 385 Å². The number of hydrogen-bond donors (Lipinski definition) is 0. The number of halogens is 1. The van der Waals surface area contributed by atoms with Crippen molar-refractivity contribution in [2.45, 2.75) is 45.6 Å². The Morgan fingerprint density at radius 3 is 2.14 bits per heavy atom. The molecule has 3 heterocycles. The number of aromatic nitrogens is 2. The molecule has 0 spiro atoms. The van der Waals surface area contributed by atoms with E-state index >= 15 is 0 Å². The number of para-hydroxylation sites is 2. The van der Waals surface area contributed by atoms with Crippen LogP contribution in [0.1, 0.15) is 60.5 Å². The molecule has 13 heteroatoms. The summed E-state index contributed by atoms with van der Waals surface area (Å²) < 4.78 is 31.8. The lowest BCUT2D eigenvalue weighted by Gasteiger charge is -2.40. The van der Waals surface area contributed by atoms with Gasteiger partial charge in [0.25, 0.3) is 0 Å². The van der Waals surface area contributed by atoms with Crippen LogP contribution in [0.3, 0.4) is 0 Å². The average molecular weight is 912 g/mol. The van der Waals surface area contributed by atoms with Crippen molar-refractivity contribution in [3.8, 4) is 17.2 Å². The van der Waals surface area contributed by atoms with Crippen LogP contribution in [-0.4, -0.2) is 55.2 Å². The molecule has 1 fully saturated rings. The van der Waals surface area contributed by atoms with E-state index < -0.39 is 5.97 Å². The van der Waals surface area contributed by atoms with Gasteiger partial charge in [-0.1, -0.05) is 114 Å². The summed E-state index contributed by atoms with van der Waals surface area (Å²) in [5.41, 5.74) is 4.14. The number of rotatable bonds is 20. The van der Waals surface area contributed by atoms with E-state index in [4.69, 9.17) is 50.4 Å². The third-order valence-corrected chi connectivity index (χ3v) is 13.6. The van der Waals surface area contributed by atoms with Crippen molar-refractivity contribution in [3.05, 3.63) is 149 Å². The summed E-state index contributed by atoms with van der Waals surface area (Å²) in [4.78, 5) is 23.5. The molecule has 0 amide bonds. The van der Waals surface area contributed by atoms with Gasteiger partial charge >= 0.3 is 5.97 Å². The fraction of sp³-hybridized carbons (Fsp3) is 0.255. The van der Waals surface area contributed by atoms with Crippen LogP contribution in [-0.2, 0) is 16.1 Å². The van der Waals surface area contributed by atoms with Crippen molar-refractivity contribution >= 4 is 87.9 Å². The quantitative estimate of drug-likeness (QED) is 0.0243. The first kappa shape index (κ1) is 43.4. The number of ether oxygens (including phenoxy) is 5. The van der Waals surface area contributed by atoms with Gasteiger partial charge in [-0.15, -0.1) is 0 Å². The SMILES string of the molecule is CCC1(COCCCCCCOc2ccc3cc(C(=O)Oc4ccc(OCc5ccccc5)c(Cl)c4)ccc3c2/C=N/N(c2nc3ccccc3s2)c2nc3ccccc3s2)COC1. The van der Waals surface area contributed by atoms with Crippen LogP contribution in [0.5, 0.6) is 17.2 Å². The van der Waals surface area contributed by atoms with E-state index in [9.17, 15) is 4.79 Å². The van der Waals surface area contributed by atoms with E-state index in [0.29, 0.717) is 51.3 Å². The van der Waals surface area contributed by atoms with E-state index in [1.807, 2.05) is 97.2 Å². The van der Waals surface area contributed by atoms with E-state index in [1.54, 1.807) is 51.9 Å². The molecule has 0 aliphatic carbocycles. The maximum Gasteiger partial charge on any atom is 0.343 e. The number of unbranched alkanes of at least 4 members (excludes halogenated alkanes) is 3. The number of hydrogen-bond acceptors (Lipinski definition) is 12. The van der Waals surface area contributed by atoms with Crippen LogP contribution < -0.4 is 19.2 Å². The zero-order chi connectivity index (χ0) is 43.7. The van der Waals surface area contributed by atoms with Crippen LogP contribution in [0.25, 0.3) is 31.2 Å². The van der Waals surface area contributed by atoms with Gasteiger partial charge < -0.3 is 23.7 Å². The molecule has 0 N–H and O–H groups in total. The van der Waals surface area contributed by atoms with Gasteiger partial charge in [-0.25, -0.2) is 14.8 Å². The van der Waals surface area contributed by atoms with Crippen LogP contribution in [0, 0.1) is 5.41 Å². The van der Waals surface area contributed by atoms with Gasteiger partial charge in [-0.3, -0.25) is 0 Å². The minimum Gasteiger partial charge on any atom is -0.493 e. The van der Waals surface area contributed by atoms with Crippen molar-refractivity contribution < 1.29 is 28.5 Å². The van der Waals surface area contributed by atoms with Crippen molar-refractivity contribution in [2.75, 3.05) is 38.0 Å². The highest BCUT2D eigenvalue weighted by Crippen LogP contribution is 2.39. The molecule has 1 aliphatic heterocycles. The molecular formula is C51H47ClN4O6S2. The van der Waals surface area contributed by atoms with E-state index in [0.717, 1.165) is 101 Å². The summed E-state index contributed by atoms with van der Waals surface area (Å²) >= 11 is 9.65. The summed E-state index contributed by atoms with van der Waals surface area (Å²) in [7, 11) is 0. The van der Waals surface area contributed by atoms with E-state index in [1.165, 1.54) is 0 Å². The second kappa shape index (κ2) is 20.3. The number of carbonyl (C=O) groups is 1. The van der Waals surface area contributed by atoms with Gasteiger partial charge in [0, 0.05) is 23.7 Å². The molecule has 0 radical (unpaired) electrons. The Kier molecular flexibility index (Phi) is 13.8. The average Bonchev–Trinajstić information content (AvgIpc) is 3.94. The molecule has 0 bridgehead atoms. The monoisotopic (exact) mass is 910 g/mol. The largest absolute Gasteiger partial charge is 0.493 e. The predicted molar refractivity (Wildman–Crippen MR) is 258 cm³/mol. The normalized spacial score (nSPS) is 13.4. The lowest BCUT2D eigenvalue weighted by atomic mass is 9.84. The molecule has 1 aliphatic rings.